The van der Waals surface area contributed by atoms with Crippen LogP contribution in [-0.4, -0.2) is 29.6 Å². The van der Waals surface area contributed by atoms with Crippen LogP contribution in [0.15, 0.2) is 24.3 Å². The van der Waals surface area contributed by atoms with Gasteiger partial charge in [0.25, 0.3) is 0 Å². The fraction of sp³-hybridized carbons (Fsp3) is 0.333. The monoisotopic (exact) mass is 234 g/mol. The number of carbonyl (C=O) groups is 2. The molecule has 0 aromatic heterocycles. The SMILES string of the molecule is O=C(CNc1ccccc1C(=O)O)NC1CC1. The molecule has 0 atom stereocenters. The molecule has 2 rings (SSSR count). The number of nitrogens with one attached hydrogen (secondary N) is 2. The van der Waals surface area contributed by atoms with E-state index in [-0.39, 0.29) is 18.0 Å². The number of para-hydroxylation sites is 1. The Kier molecular flexibility index (Phi) is 3.27. The van der Waals surface area contributed by atoms with Gasteiger partial charge in [0.1, 0.15) is 0 Å². The van der Waals surface area contributed by atoms with Crippen LogP contribution < -0.4 is 10.6 Å². The Morgan fingerprint density at radius 2 is 2.00 bits per heavy atom. The van der Waals surface area contributed by atoms with E-state index in [4.69, 9.17) is 5.11 Å². The van der Waals surface area contributed by atoms with Crippen molar-refractivity contribution in [2.24, 2.45) is 0 Å². The first-order chi connectivity index (χ1) is 8.16. The van der Waals surface area contributed by atoms with Gasteiger partial charge in [0.2, 0.25) is 5.91 Å². The van der Waals surface area contributed by atoms with Crippen molar-refractivity contribution in [3.05, 3.63) is 29.8 Å². The summed E-state index contributed by atoms with van der Waals surface area (Å²) in [5.74, 6) is -1.11. The first-order valence-corrected chi connectivity index (χ1v) is 5.52. The zero-order valence-corrected chi connectivity index (χ0v) is 9.27. The Morgan fingerprint density at radius 3 is 2.65 bits per heavy atom. The molecule has 1 saturated carbocycles. The summed E-state index contributed by atoms with van der Waals surface area (Å²) in [5, 5.41) is 14.6. The van der Waals surface area contributed by atoms with Gasteiger partial charge in [0.15, 0.2) is 0 Å². The van der Waals surface area contributed by atoms with Crippen LogP contribution in [0.4, 0.5) is 5.69 Å². The number of rotatable bonds is 5. The maximum absolute atomic E-state index is 11.4. The number of carbonyl (C=O) groups excluding carboxylic acids is 1. The smallest absolute Gasteiger partial charge is 0.337 e. The molecule has 17 heavy (non-hydrogen) atoms. The van der Waals surface area contributed by atoms with Gasteiger partial charge < -0.3 is 15.7 Å². The molecule has 1 aliphatic carbocycles. The molecule has 1 fully saturated rings. The van der Waals surface area contributed by atoms with Crippen LogP contribution in [0.5, 0.6) is 0 Å². The van der Waals surface area contributed by atoms with Crippen molar-refractivity contribution < 1.29 is 14.7 Å². The minimum atomic E-state index is -1.00. The minimum Gasteiger partial charge on any atom is -0.478 e. The predicted molar refractivity (Wildman–Crippen MR) is 63.1 cm³/mol. The lowest BCUT2D eigenvalue weighted by Gasteiger charge is -2.09. The van der Waals surface area contributed by atoms with E-state index < -0.39 is 5.97 Å². The summed E-state index contributed by atoms with van der Waals surface area (Å²) in [6.07, 6.45) is 2.08. The summed E-state index contributed by atoms with van der Waals surface area (Å²) in [7, 11) is 0. The summed E-state index contributed by atoms with van der Waals surface area (Å²) >= 11 is 0. The maximum Gasteiger partial charge on any atom is 0.337 e. The molecule has 0 spiro atoms. The minimum absolute atomic E-state index is 0.0980. The third kappa shape index (κ3) is 3.21. The van der Waals surface area contributed by atoms with Crippen molar-refractivity contribution in [3.8, 4) is 0 Å². The molecule has 1 amide bonds. The van der Waals surface area contributed by atoms with Gasteiger partial charge in [-0.2, -0.15) is 0 Å². The number of hydrogen-bond acceptors (Lipinski definition) is 3. The summed E-state index contributed by atoms with van der Waals surface area (Å²) in [6, 6.07) is 6.85. The summed E-state index contributed by atoms with van der Waals surface area (Å²) < 4.78 is 0. The molecule has 0 heterocycles. The predicted octanol–water partition coefficient (Wildman–Crippen LogP) is 1.08. The topological polar surface area (TPSA) is 78.4 Å². The quantitative estimate of drug-likeness (QED) is 0.712. The largest absolute Gasteiger partial charge is 0.478 e. The van der Waals surface area contributed by atoms with E-state index in [1.54, 1.807) is 18.2 Å². The maximum atomic E-state index is 11.4. The Hall–Kier alpha value is -2.04. The van der Waals surface area contributed by atoms with Crippen molar-refractivity contribution in [3.63, 3.8) is 0 Å². The Bertz CT molecular complexity index is 441. The molecule has 5 nitrogen and oxygen atoms in total. The van der Waals surface area contributed by atoms with Gasteiger partial charge in [-0.3, -0.25) is 4.79 Å². The van der Waals surface area contributed by atoms with E-state index in [0.717, 1.165) is 12.8 Å². The highest BCUT2D eigenvalue weighted by Crippen LogP contribution is 2.18. The molecule has 1 aromatic carbocycles. The molecular formula is C12H14N2O3. The van der Waals surface area contributed by atoms with Crippen molar-refractivity contribution in [2.75, 3.05) is 11.9 Å². The molecule has 3 N–H and O–H groups in total. The van der Waals surface area contributed by atoms with E-state index in [9.17, 15) is 9.59 Å². The number of aromatic carboxylic acids is 1. The molecule has 0 radical (unpaired) electrons. The number of anilines is 1. The van der Waals surface area contributed by atoms with Crippen LogP contribution in [-0.2, 0) is 4.79 Å². The highest BCUT2D eigenvalue weighted by molar-refractivity contribution is 5.95. The van der Waals surface area contributed by atoms with Gasteiger partial charge in [0, 0.05) is 11.7 Å². The number of benzene rings is 1. The van der Waals surface area contributed by atoms with Gasteiger partial charge in [-0.25, -0.2) is 4.79 Å². The van der Waals surface area contributed by atoms with Crippen LogP contribution in [0.25, 0.3) is 0 Å². The van der Waals surface area contributed by atoms with E-state index >= 15 is 0 Å². The van der Waals surface area contributed by atoms with Crippen LogP contribution >= 0.6 is 0 Å². The van der Waals surface area contributed by atoms with Crippen molar-refractivity contribution in [1.29, 1.82) is 0 Å². The third-order valence-corrected chi connectivity index (χ3v) is 2.54. The summed E-state index contributed by atoms with van der Waals surface area (Å²) in [4.78, 5) is 22.3. The lowest BCUT2D eigenvalue weighted by molar-refractivity contribution is -0.119. The molecular weight excluding hydrogens is 220 g/mol. The average molecular weight is 234 g/mol. The zero-order valence-electron chi connectivity index (χ0n) is 9.27. The van der Waals surface area contributed by atoms with Crippen LogP contribution in [0.2, 0.25) is 0 Å². The Labute approximate surface area is 98.8 Å². The van der Waals surface area contributed by atoms with Crippen LogP contribution in [0.3, 0.4) is 0 Å². The summed E-state index contributed by atoms with van der Waals surface area (Å²) in [5.41, 5.74) is 0.637. The van der Waals surface area contributed by atoms with Gasteiger partial charge in [-0.1, -0.05) is 12.1 Å². The lowest BCUT2D eigenvalue weighted by atomic mass is 10.2. The molecule has 1 aliphatic rings. The van der Waals surface area contributed by atoms with Gasteiger partial charge in [0.05, 0.1) is 12.1 Å². The van der Waals surface area contributed by atoms with E-state index in [1.807, 2.05) is 0 Å². The van der Waals surface area contributed by atoms with Gasteiger partial charge in [-0.15, -0.1) is 0 Å². The second-order valence-corrected chi connectivity index (χ2v) is 4.05. The first kappa shape index (κ1) is 11.4. The van der Waals surface area contributed by atoms with Crippen molar-refractivity contribution >= 4 is 17.6 Å². The van der Waals surface area contributed by atoms with E-state index in [1.165, 1.54) is 6.07 Å². The number of carboxylic acid groups (broad SMARTS) is 1. The normalized spacial score (nSPS) is 14.1. The lowest BCUT2D eigenvalue weighted by Crippen LogP contribution is -2.31. The fourth-order valence-electron chi connectivity index (χ4n) is 1.51. The number of amides is 1. The molecule has 0 bridgehead atoms. The van der Waals surface area contributed by atoms with Crippen LogP contribution in [0.1, 0.15) is 23.2 Å². The standard InChI is InChI=1S/C12H14N2O3/c15-11(14-8-5-6-8)7-13-10-4-2-1-3-9(10)12(16)17/h1-4,8,13H,5-7H2,(H,14,15)(H,16,17). The third-order valence-electron chi connectivity index (χ3n) is 2.54. The van der Waals surface area contributed by atoms with Gasteiger partial charge in [-0.05, 0) is 25.0 Å². The zero-order chi connectivity index (χ0) is 12.3. The van der Waals surface area contributed by atoms with Crippen LogP contribution in [0, 0.1) is 0 Å². The highest BCUT2D eigenvalue weighted by atomic mass is 16.4. The molecule has 0 aliphatic heterocycles. The van der Waals surface area contributed by atoms with Crippen molar-refractivity contribution in [1.82, 2.24) is 5.32 Å². The molecule has 90 valence electrons. The first-order valence-electron chi connectivity index (χ1n) is 5.52. The Morgan fingerprint density at radius 1 is 1.29 bits per heavy atom. The average Bonchev–Trinajstić information content (AvgIpc) is 3.10. The van der Waals surface area contributed by atoms with E-state index in [2.05, 4.69) is 10.6 Å². The summed E-state index contributed by atoms with van der Waals surface area (Å²) in [6.45, 7) is 0.0980. The molecule has 0 saturated heterocycles. The molecule has 0 unspecified atom stereocenters. The highest BCUT2D eigenvalue weighted by Gasteiger charge is 2.23. The fourth-order valence-corrected chi connectivity index (χ4v) is 1.51. The van der Waals surface area contributed by atoms with Gasteiger partial charge >= 0.3 is 5.97 Å². The molecule has 5 heteroatoms. The second kappa shape index (κ2) is 4.86. The van der Waals surface area contributed by atoms with E-state index in [0.29, 0.717) is 11.7 Å². The number of hydrogen-bond donors (Lipinski definition) is 3. The van der Waals surface area contributed by atoms with Crippen molar-refractivity contribution in [2.45, 2.75) is 18.9 Å². The molecule has 1 aromatic rings. The number of carboxylic acids is 1. The Balaban J connectivity index is 1.93. The second-order valence-electron chi connectivity index (χ2n) is 4.05.